The van der Waals surface area contributed by atoms with Gasteiger partial charge in [-0.05, 0) is 30.2 Å². The van der Waals surface area contributed by atoms with Gasteiger partial charge < -0.3 is 10.1 Å². The fourth-order valence-electron chi connectivity index (χ4n) is 2.15. The fraction of sp³-hybridized carbons (Fsp3) is 0.200. The minimum atomic E-state index is 0.241. The van der Waals surface area contributed by atoms with Crippen LogP contribution in [0, 0.1) is 6.92 Å². The molecule has 2 heteroatoms. The van der Waals surface area contributed by atoms with Crippen LogP contribution in [-0.2, 0) is 0 Å². The summed E-state index contributed by atoms with van der Waals surface area (Å²) in [5.74, 6) is 0.947. The molecule has 2 nitrogen and oxygen atoms in total. The van der Waals surface area contributed by atoms with Crippen LogP contribution >= 0.6 is 0 Å². The highest BCUT2D eigenvalue weighted by atomic mass is 16.5. The van der Waals surface area contributed by atoms with Crippen LogP contribution in [-0.4, -0.2) is 6.61 Å². The molecule has 0 saturated heterocycles. The number of benzene rings is 2. The Morgan fingerprint density at radius 1 is 1.12 bits per heavy atom. The van der Waals surface area contributed by atoms with Gasteiger partial charge in [0, 0.05) is 0 Å². The van der Waals surface area contributed by atoms with Crippen molar-refractivity contribution in [3.05, 3.63) is 59.7 Å². The zero-order valence-corrected chi connectivity index (χ0v) is 9.81. The molecule has 2 aromatic rings. The molecule has 1 heterocycles. The number of anilines is 1. The lowest BCUT2D eigenvalue weighted by molar-refractivity contribution is 0.286. The van der Waals surface area contributed by atoms with E-state index in [-0.39, 0.29) is 6.04 Å². The fourth-order valence-corrected chi connectivity index (χ4v) is 2.15. The van der Waals surface area contributed by atoms with E-state index in [1.54, 1.807) is 0 Å². The predicted octanol–water partition coefficient (Wildman–Crippen LogP) is 3.54. The number of hydrogen-bond donors (Lipinski definition) is 1. The third-order valence-electron chi connectivity index (χ3n) is 3.07. The molecule has 0 saturated carbocycles. The number of aryl methyl sites for hydroxylation is 1. The molecule has 1 aliphatic rings. The van der Waals surface area contributed by atoms with E-state index in [9.17, 15) is 0 Å². The first kappa shape index (κ1) is 10.2. The number of hydrogen-bond acceptors (Lipinski definition) is 2. The maximum absolute atomic E-state index is 5.78. The molecule has 0 amide bonds. The van der Waals surface area contributed by atoms with Gasteiger partial charge in [-0.2, -0.15) is 0 Å². The third kappa shape index (κ3) is 1.98. The van der Waals surface area contributed by atoms with Gasteiger partial charge in [-0.1, -0.05) is 36.4 Å². The molecule has 0 bridgehead atoms. The van der Waals surface area contributed by atoms with Crippen LogP contribution in [0.2, 0.25) is 0 Å². The maximum Gasteiger partial charge on any atom is 0.142 e. The van der Waals surface area contributed by atoms with Crippen LogP contribution < -0.4 is 10.1 Å². The van der Waals surface area contributed by atoms with Crippen LogP contribution in [0.15, 0.2) is 48.5 Å². The Hall–Kier alpha value is -1.96. The quantitative estimate of drug-likeness (QED) is 0.801. The lowest BCUT2D eigenvalue weighted by Crippen LogP contribution is -2.23. The molecular formula is C15H15NO. The average Bonchev–Trinajstić information content (AvgIpc) is 2.39. The molecule has 86 valence electrons. The van der Waals surface area contributed by atoms with Crippen LogP contribution in [0.1, 0.15) is 17.2 Å². The Morgan fingerprint density at radius 3 is 2.76 bits per heavy atom. The first-order valence-electron chi connectivity index (χ1n) is 5.88. The van der Waals surface area contributed by atoms with Gasteiger partial charge >= 0.3 is 0 Å². The first-order valence-corrected chi connectivity index (χ1v) is 5.88. The Balaban J connectivity index is 1.90. The van der Waals surface area contributed by atoms with Gasteiger partial charge in [0.05, 0.1) is 11.7 Å². The highest BCUT2D eigenvalue weighted by Crippen LogP contribution is 2.34. The second kappa shape index (κ2) is 4.13. The third-order valence-corrected chi connectivity index (χ3v) is 3.07. The van der Waals surface area contributed by atoms with Gasteiger partial charge in [-0.15, -0.1) is 0 Å². The smallest absolute Gasteiger partial charge is 0.142 e. The number of fused-ring (bicyclic) bond motifs is 1. The van der Waals surface area contributed by atoms with Crippen LogP contribution in [0.25, 0.3) is 0 Å². The van der Waals surface area contributed by atoms with E-state index in [0.29, 0.717) is 6.61 Å². The van der Waals surface area contributed by atoms with Crippen molar-refractivity contribution in [1.82, 2.24) is 0 Å². The van der Waals surface area contributed by atoms with E-state index in [2.05, 4.69) is 48.6 Å². The van der Waals surface area contributed by atoms with Crippen LogP contribution in [0.3, 0.4) is 0 Å². The largest absolute Gasteiger partial charge is 0.489 e. The van der Waals surface area contributed by atoms with Crippen molar-refractivity contribution in [3.8, 4) is 5.75 Å². The van der Waals surface area contributed by atoms with E-state index in [4.69, 9.17) is 4.74 Å². The molecular weight excluding hydrogens is 210 g/mol. The molecule has 0 unspecified atom stereocenters. The zero-order chi connectivity index (χ0) is 11.7. The Bertz CT molecular complexity index is 522. The van der Waals surface area contributed by atoms with Gasteiger partial charge in [0.15, 0.2) is 0 Å². The van der Waals surface area contributed by atoms with Crippen LogP contribution in [0.4, 0.5) is 5.69 Å². The van der Waals surface area contributed by atoms with Crippen molar-refractivity contribution in [1.29, 1.82) is 0 Å². The van der Waals surface area contributed by atoms with Gasteiger partial charge in [0.2, 0.25) is 0 Å². The molecule has 0 spiro atoms. The normalized spacial score (nSPS) is 17.8. The Morgan fingerprint density at radius 2 is 1.94 bits per heavy atom. The van der Waals surface area contributed by atoms with E-state index in [1.807, 2.05) is 12.1 Å². The molecule has 3 rings (SSSR count). The lowest BCUT2D eigenvalue weighted by atomic mass is 10.1. The molecule has 1 aliphatic heterocycles. The zero-order valence-electron chi connectivity index (χ0n) is 9.81. The van der Waals surface area contributed by atoms with Crippen molar-refractivity contribution < 1.29 is 4.74 Å². The Labute approximate surface area is 101 Å². The van der Waals surface area contributed by atoms with Crippen molar-refractivity contribution in [2.75, 3.05) is 11.9 Å². The standard InChI is InChI=1S/C15H15NO/c1-11-7-8-15-13(9-11)16-14(10-17-15)12-5-3-2-4-6-12/h2-9,14,16H,10H2,1H3/t14-/m1/s1. The van der Waals surface area contributed by atoms with Crippen molar-refractivity contribution in [2.45, 2.75) is 13.0 Å². The topological polar surface area (TPSA) is 21.3 Å². The summed E-state index contributed by atoms with van der Waals surface area (Å²) in [5, 5.41) is 3.53. The van der Waals surface area contributed by atoms with Crippen molar-refractivity contribution >= 4 is 5.69 Å². The van der Waals surface area contributed by atoms with Crippen molar-refractivity contribution in [3.63, 3.8) is 0 Å². The summed E-state index contributed by atoms with van der Waals surface area (Å²) in [6, 6.07) is 16.9. The first-order chi connectivity index (χ1) is 8.33. The molecule has 0 fully saturated rings. The van der Waals surface area contributed by atoms with E-state index in [1.165, 1.54) is 11.1 Å². The van der Waals surface area contributed by atoms with Gasteiger partial charge in [-0.25, -0.2) is 0 Å². The summed E-state index contributed by atoms with van der Waals surface area (Å²) in [6.45, 7) is 2.77. The van der Waals surface area contributed by atoms with Gasteiger partial charge in [0.1, 0.15) is 12.4 Å². The molecule has 1 N–H and O–H groups in total. The van der Waals surface area contributed by atoms with Gasteiger partial charge in [0.25, 0.3) is 0 Å². The maximum atomic E-state index is 5.78. The molecule has 1 atom stereocenters. The molecule has 0 aliphatic carbocycles. The highest BCUT2D eigenvalue weighted by Gasteiger charge is 2.19. The summed E-state index contributed by atoms with van der Waals surface area (Å²) in [4.78, 5) is 0. The SMILES string of the molecule is Cc1ccc2c(c1)N[C@@H](c1ccccc1)CO2. The average molecular weight is 225 g/mol. The minimum Gasteiger partial charge on any atom is -0.489 e. The molecule has 2 aromatic carbocycles. The number of ether oxygens (including phenoxy) is 1. The summed E-state index contributed by atoms with van der Waals surface area (Å²) in [5.41, 5.74) is 3.60. The summed E-state index contributed by atoms with van der Waals surface area (Å²) in [7, 11) is 0. The monoisotopic (exact) mass is 225 g/mol. The van der Waals surface area contributed by atoms with Gasteiger partial charge in [-0.3, -0.25) is 0 Å². The highest BCUT2D eigenvalue weighted by molar-refractivity contribution is 5.60. The minimum absolute atomic E-state index is 0.241. The predicted molar refractivity (Wildman–Crippen MR) is 69.5 cm³/mol. The number of nitrogens with one attached hydrogen (secondary N) is 1. The molecule has 0 aromatic heterocycles. The molecule has 17 heavy (non-hydrogen) atoms. The summed E-state index contributed by atoms with van der Waals surface area (Å²) in [6.07, 6.45) is 0. The summed E-state index contributed by atoms with van der Waals surface area (Å²) >= 11 is 0. The van der Waals surface area contributed by atoms with Crippen molar-refractivity contribution in [2.24, 2.45) is 0 Å². The second-order valence-corrected chi connectivity index (χ2v) is 4.42. The number of rotatable bonds is 1. The van der Waals surface area contributed by atoms with E-state index >= 15 is 0 Å². The van der Waals surface area contributed by atoms with E-state index in [0.717, 1.165) is 11.4 Å². The second-order valence-electron chi connectivity index (χ2n) is 4.42. The van der Waals surface area contributed by atoms with E-state index < -0.39 is 0 Å². The Kier molecular flexibility index (Phi) is 2.48. The molecule has 0 radical (unpaired) electrons. The summed E-state index contributed by atoms with van der Waals surface area (Å²) < 4.78 is 5.78. The van der Waals surface area contributed by atoms with Crippen LogP contribution in [0.5, 0.6) is 5.75 Å². The lowest BCUT2D eigenvalue weighted by Gasteiger charge is -2.28.